The SMILES string of the molecule is C=C(C)c1cccc(CC(=O)O)c1. The third-order valence-corrected chi connectivity index (χ3v) is 1.78. The van der Waals surface area contributed by atoms with E-state index in [1.807, 2.05) is 25.1 Å². The van der Waals surface area contributed by atoms with Crippen molar-refractivity contribution in [2.24, 2.45) is 0 Å². The van der Waals surface area contributed by atoms with Gasteiger partial charge >= 0.3 is 5.97 Å². The number of hydrogen-bond acceptors (Lipinski definition) is 1. The summed E-state index contributed by atoms with van der Waals surface area (Å²) in [4.78, 5) is 10.4. The van der Waals surface area contributed by atoms with Crippen molar-refractivity contribution < 1.29 is 9.90 Å². The zero-order valence-electron chi connectivity index (χ0n) is 7.58. The Morgan fingerprint density at radius 2 is 2.23 bits per heavy atom. The summed E-state index contributed by atoms with van der Waals surface area (Å²) >= 11 is 0. The van der Waals surface area contributed by atoms with Crippen LogP contribution >= 0.6 is 0 Å². The number of hydrogen-bond donors (Lipinski definition) is 1. The van der Waals surface area contributed by atoms with Crippen LogP contribution in [0.25, 0.3) is 5.57 Å². The van der Waals surface area contributed by atoms with E-state index >= 15 is 0 Å². The van der Waals surface area contributed by atoms with Gasteiger partial charge in [-0.2, -0.15) is 0 Å². The monoisotopic (exact) mass is 176 g/mol. The van der Waals surface area contributed by atoms with Gasteiger partial charge in [-0.1, -0.05) is 36.4 Å². The summed E-state index contributed by atoms with van der Waals surface area (Å²) in [5.74, 6) is -0.807. The van der Waals surface area contributed by atoms with Crippen LogP contribution in [0, 0.1) is 0 Å². The molecule has 0 amide bonds. The van der Waals surface area contributed by atoms with Gasteiger partial charge in [0.05, 0.1) is 6.42 Å². The van der Waals surface area contributed by atoms with E-state index in [4.69, 9.17) is 5.11 Å². The zero-order valence-corrected chi connectivity index (χ0v) is 7.58. The summed E-state index contributed by atoms with van der Waals surface area (Å²) in [6.07, 6.45) is 0.0706. The second kappa shape index (κ2) is 3.90. The van der Waals surface area contributed by atoms with Crippen LogP contribution in [0.4, 0.5) is 0 Å². The van der Waals surface area contributed by atoms with Crippen LogP contribution in [0.15, 0.2) is 30.8 Å². The maximum absolute atomic E-state index is 10.4. The number of carboxylic acids is 1. The number of carboxylic acid groups (broad SMARTS) is 1. The Balaban J connectivity index is 2.91. The van der Waals surface area contributed by atoms with E-state index in [2.05, 4.69) is 6.58 Å². The maximum atomic E-state index is 10.4. The Labute approximate surface area is 77.5 Å². The predicted octanol–water partition coefficient (Wildman–Crippen LogP) is 2.35. The van der Waals surface area contributed by atoms with Crippen molar-refractivity contribution >= 4 is 11.5 Å². The fourth-order valence-electron chi connectivity index (χ4n) is 1.12. The molecule has 0 radical (unpaired) electrons. The summed E-state index contributed by atoms with van der Waals surface area (Å²) in [6, 6.07) is 7.44. The molecule has 0 unspecified atom stereocenters. The Bertz CT molecular complexity index is 340. The van der Waals surface area contributed by atoms with Gasteiger partial charge in [0, 0.05) is 0 Å². The molecule has 0 aliphatic heterocycles. The molecule has 0 spiro atoms. The number of rotatable bonds is 3. The minimum atomic E-state index is -0.807. The van der Waals surface area contributed by atoms with Crippen molar-refractivity contribution in [1.82, 2.24) is 0 Å². The molecule has 2 nitrogen and oxygen atoms in total. The van der Waals surface area contributed by atoms with Gasteiger partial charge in [0.25, 0.3) is 0 Å². The average Bonchev–Trinajstić information content (AvgIpc) is 2.03. The first-order chi connectivity index (χ1) is 6.09. The Morgan fingerprint density at radius 3 is 2.77 bits per heavy atom. The van der Waals surface area contributed by atoms with Crippen LogP contribution in [-0.4, -0.2) is 11.1 Å². The summed E-state index contributed by atoms with van der Waals surface area (Å²) in [6.45, 7) is 5.70. The summed E-state index contributed by atoms with van der Waals surface area (Å²) in [5.41, 5.74) is 2.76. The molecule has 0 aromatic heterocycles. The van der Waals surface area contributed by atoms with E-state index in [1.165, 1.54) is 0 Å². The van der Waals surface area contributed by atoms with E-state index in [-0.39, 0.29) is 6.42 Å². The second-order valence-electron chi connectivity index (χ2n) is 3.05. The Hall–Kier alpha value is -1.57. The summed E-state index contributed by atoms with van der Waals surface area (Å²) < 4.78 is 0. The van der Waals surface area contributed by atoms with Crippen molar-refractivity contribution in [3.8, 4) is 0 Å². The molecule has 2 heteroatoms. The normalized spacial score (nSPS) is 9.62. The average molecular weight is 176 g/mol. The third-order valence-electron chi connectivity index (χ3n) is 1.78. The van der Waals surface area contributed by atoms with Gasteiger partial charge in [0.2, 0.25) is 0 Å². The van der Waals surface area contributed by atoms with Gasteiger partial charge in [0.15, 0.2) is 0 Å². The minimum Gasteiger partial charge on any atom is -0.481 e. The standard InChI is InChI=1S/C11H12O2/c1-8(2)10-5-3-4-9(6-10)7-11(12)13/h3-6H,1,7H2,2H3,(H,12,13). The molecule has 1 aromatic rings. The molecule has 0 aliphatic carbocycles. The lowest BCUT2D eigenvalue weighted by Crippen LogP contribution is -1.99. The van der Waals surface area contributed by atoms with Gasteiger partial charge < -0.3 is 5.11 Å². The van der Waals surface area contributed by atoms with Crippen LogP contribution in [0.5, 0.6) is 0 Å². The lowest BCUT2D eigenvalue weighted by molar-refractivity contribution is -0.136. The molecule has 0 fully saturated rings. The van der Waals surface area contributed by atoms with Crippen molar-refractivity contribution in [3.63, 3.8) is 0 Å². The van der Waals surface area contributed by atoms with Gasteiger partial charge in [-0.15, -0.1) is 0 Å². The van der Waals surface area contributed by atoms with Crippen LogP contribution in [-0.2, 0) is 11.2 Å². The van der Waals surface area contributed by atoms with E-state index < -0.39 is 5.97 Å². The molecule has 0 bridgehead atoms. The predicted molar refractivity (Wildman–Crippen MR) is 52.5 cm³/mol. The van der Waals surface area contributed by atoms with E-state index in [0.717, 1.165) is 16.7 Å². The first-order valence-electron chi connectivity index (χ1n) is 4.06. The molecule has 1 rings (SSSR count). The molecule has 0 heterocycles. The van der Waals surface area contributed by atoms with Crippen molar-refractivity contribution in [3.05, 3.63) is 42.0 Å². The van der Waals surface area contributed by atoms with Gasteiger partial charge in [-0.25, -0.2) is 0 Å². The minimum absolute atomic E-state index is 0.0706. The van der Waals surface area contributed by atoms with E-state index in [9.17, 15) is 4.79 Å². The third kappa shape index (κ3) is 2.75. The zero-order chi connectivity index (χ0) is 9.84. The first-order valence-corrected chi connectivity index (χ1v) is 4.06. The topological polar surface area (TPSA) is 37.3 Å². The van der Waals surface area contributed by atoms with E-state index in [0.29, 0.717) is 0 Å². The van der Waals surface area contributed by atoms with Crippen molar-refractivity contribution in [2.45, 2.75) is 13.3 Å². The highest BCUT2D eigenvalue weighted by Gasteiger charge is 2.01. The molecular weight excluding hydrogens is 164 g/mol. The number of benzene rings is 1. The molecular formula is C11H12O2. The fraction of sp³-hybridized carbons (Fsp3) is 0.182. The highest BCUT2D eigenvalue weighted by molar-refractivity contribution is 5.71. The smallest absolute Gasteiger partial charge is 0.307 e. The number of carbonyl (C=O) groups is 1. The largest absolute Gasteiger partial charge is 0.481 e. The van der Waals surface area contributed by atoms with Crippen LogP contribution in [0.2, 0.25) is 0 Å². The summed E-state index contributed by atoms with van der Waals surface area (Å²) in [7, 11) is 0. The Morgan fingerprint density at radius 1 is 1.54 bits per heavy atom. The van der Waals surface area contributed by atoms with Gasteiger partial charge in [-0.3, -0.25) is 4.79 Å². The number of aliphatic carboxylic acids is 1. The molecule has 0 atom stereocenters. The van der Waals surface area contributed by atoms with E-state index in [1.54, 1.807) is 6.07 Å². The van der Waals surface area contributed by atoms with Crippen LogP contribution in [0.3, 0.4) is 0 Å². The molecule has 0 aliphatic rings. The molecule has 13 heavy (non-hydrogen) atoms. The second-order valence-corrected chi connectivity index (χ2v) is 3.05. The maximum Gasteiger partial charge on any atom is 0.307 e. The Kier molecular flexibility index (Phi) is 2.85. The highest BCUT2D eigenvalue weighted by atomic mass is 16.4. The molecule has 0 saturated heterocycles. The van der Waals surface area contributed by atoms with Gasteiger partial charge in [-0.05, 0) is 18.1 Å². The number of allylic oxidation sites excluding steroid dienone is 1. The van der Waals surface area contributed by atoms with Crippen molar-refractivity contribution in [2.75, 3.05) is 0 Å². The van der Waals surface area contributed by atoms with Crippen LogP contribution < -0.4 is 0 Å². The molecule has 0 saturated carbocycles. The molecule has 1 N–H and O–H groups in total. The quantitative estimate of drug-likeness (QED) is 0.767. The highest BCUT2D eigenvalue weighted by Crippen LogP contribution is 2.13. The lowest BCUT2D eigenvalue weighted by atomic mass is 10.0. The fourth-order valence-corrected chi connectivity index (χ4v) is 1.12. The summed E-state index contributed by atoms with van der Waals surface area (Å²) in [5, 5.41) is 8.57. The van der Waals surface area contributed by atoms with Crippen molar-refractivity contribution in [1.29, 1.82) is 0 Å². The van der Waals surface area contributed by atoms with Gasteiger partial charge in [0.1, 0.15) is 0 Å². The molecule has 1 aromatic carbocycles. The van der Waals surface area contributed by atoms with Crippen LogP contribution in [0.1, 0.15) is 18.1 Å². The first kappa shape index (κ1) is 9.52. The molecule has 68 valence electrons. The lowest BCUT2D eigenvalue weighted by Gasteiger charge is -2.01.